The number of nitrogens with one attached hydrogen (secondary N) is 1. The molecule has 2 heterocycles. The molecule has 0 bridgehead atoms. The fourth-order valence-corrected chi connectivity index (χ4v) is 2.30. The molecular formula is C15H17N5. The molecule has 0 saturated heterocycles. The number of aromatic nitrogens is 4. The number of rotatable bonds is 5. The molecule has 0 spiro atoms. The number of aryl methyl sites for hydroxylation is 1. The summed E-state index contributed by atoms with van der Waals surface area (Å²) in [5.74, 6) is 0. The van der Waals surface area contributed by atoms with E-state index in [1.807, 2.05) is 16.8 Å². The molecule has 5 nitrogen and oxygen atoms in total. The van der Waals surface area contributed by atoms with Crippen LogP contribution in [0, 0.1) is 0 Å². The standard InChI is InChI=1S/C15H17N5/c1-2-20-15-6-4-3-5-13(15)14(19-20)10-17-9-12-7-8-16-11-18-12/h3-8,11,17H,2,9-10H2,1H3. The Morgan fingerprint density at radius 3 is 2.85 bits per heavy atom. The van der Waals surface area contributed by atoms with E-state index in [1.165, 1.54) is 10.9 Å². The van der Waals surface area contributed by atoms with Gasteiger partial charge in [-0.1, -0.05) is 18.2 Å². The van der Waals surface area contributed by atoms with Crippen LogP contribution in [0.3, 0.4) is 0 Å². The van der Waals surface area contributed by atoms with Gasteiger partial charge in [0.15, 0.2) is 0 Å². The van der Waals surface area contributed by atoms with E-state index in [2.05, 4.69) is 45.5 Å². The van der Waals surface area contributed by atoms with Gasteiger partial charge in [-0.25, -0.2) is 9.97 Å². The van der Waals surface area contributed by atoms with E-state index < -0.39 is 0 Å². The van der Waals surface area contributed by atoms with Crippen LogP contribution in [0.1, 0.15) is 18.3 Å². The Bertz CT molecular complexity index is 690. The zero-order chi connectivity index (χ0) is 13.8. The summed E-state index contributed by atoms with van der Waals surface area (Å²) in [5, 5.41) is 9.25. The fraction of sp³-hybridized carbons (Fsp3) is 0.267. The van der Waals surface area contributed by atoms with Crippen molar-refractivity contribution in [1.29, 1.82) is 0 Å². The average Bonchev–Trinajstić information content (AvgIpc) is 2.87. The first-order valence-electron chi connectivity index (χ1n) is 6.78. The Labute approximate surface area is 117 Å². The van der Waals surface area contributed by atoms with Crippen LogP contribution >= 0.6 is 0 Å². The Morgan fingerprint density at radius 1 is 1.15 bits per heavy atom. The summed E-state index contributed by atoms with van der Waals surface area (Å²) in [6.45, 7) is 4.44. The maximum atomic E-state index is 4.66. The molecule has 102 valence electrons. The molecule has 0 fully saturated rings. The second kappa shape index (κ2) is 5.79. The molecule has 1 N–H and O–H groups in total. The van der Waals surface area contributed by atoms with Crippen molar-refractivity contribution in [2.75, 3.05) is 0 Å². The van der Waals surface area contributed by atoms with Gasteiger partial charge in [0.05, 0.1) is 16.9 Å². The van der Waals surface area contributed by atoms with Crippen LogP contribution in [0.25, 0.3) is 10.9 Å². The molecule has 2 aromatic heterocycles. The van der Waals surface area contributed by atoms with Crippen molar-refractivity contribution in [3.63, 3.8) is 0 Å². The van der Waals surface area contributed by atoms with E-state index in [0.717, 1.165) is 31.0 Å². The minimum absolute atomic E-state index is 0.718. The highest BCUT2D eigenvalue weighted by Crippen LogP contribution is 2.18. The van der Waals surface area contributed by atoms with Crippen LogP contribution in [0.4, 0.5) is 0 Å². The molecule has 20 heavy (non-hydrogen) atoms. The summed E-state index contributed by atoms with van der Waals surface area (Å²) in [6.07, 6.45) is 3.32. The normalized spacial score (nSPS) is 11.1. The first-order valence-corrected chi connectivity index (χ1v) is 6.78. The van der Waals surface area contributed by atoms with Gasteiger partial charge >= 0.3 is 0 Å². The lowest BCUT2D eigenvalue weighted by Crippen LogP contribution is -2.14. The molecule has 0 atom stereocenters. The molecule has 0 aliphatic rings. The molecule has 5 heteroatoms. The first kappa shape index (κ1) is 12.7. The topological polar surface area (TPSA) is 55.6 Å². The largest absolute Gasteiger partial charge is 0.305 e. The van der Waals surface area contributed by atoms with E-state index in [1.54, 1.807) is 12.5 Å². The van der Waals surface area contributed by atoms with Crippen molar-refractivity contribution in [2.45, 2.75) is 26.6 Å². The zero-order valence-corrected chi connectivity index (χ0v) is 11.5. The molecule has 0 unspecified atom stereocenters. The minimum atomic E-state index is 0.718. The van der Waals surface area contributed by atoms with Gasteiger partial charge in [0.25, 0.3) is 0 Å². The van der Waals surface area contributed by atoms with Gasteiger partial charge in [0.1, 0.15) is 6.33 Å². The average molecular weight is 267 g/mol. The molecular weight excluding hydrogens is 250 g/mol. The molecule has 0 radical (unpaired) electrons. The van der Waals surface area contributed by atoms with E-state index in [9.17, 15) is 0 Å². The predicted octanol–water partition coefficient (Wildman–Crippen LogP) is 2.14. The van der Waals surface area contributed by atoms with E-state index in [0.29, 0.717) is 0 Å². The third-order valence-corrected chi connectivity index (χ3v) is 3.28. The van der Waals surface area contributed by atoms with Crippen molar-refractivity contribution in [2.24, 2.45) is 0 Å². The van der Waals surface area contributed by atoms with Crippen molar-refractivity contribution in [3.05, 3.63) is 54.2 Å². The maximum absolute atomic E-state index is 4.66. The molecule has 0 aliphatic carbocycles. The smallest absolute Gasteiger partial charge is 0.115 e. The van der Waals surface area contributed by atoms with Gasteiger partial charge in [0.2, 0.25) is 0 Å². The Morgan fingerprint density at radius 2 is 2.05 bits per heavy atom. The van der Waals surface area contributed by atoms with Crippen LogP contribution < -0.4 is 5.32 Å². The third kappa shape index (κ3) is 2.53. The summed E-state index contributed by atoms with van der Waals surface area (Å²) in [6, 6.07) is 10.2. The number of benzene rings is 1. The number of hydrogen-bond acceptors (Lipinski definition) is 4. The molecule has 0 saturated carbocycles. The lowest BCUT2D eigenvalue weighted by Gasteiger charge is -2.02. The highest BCUT2D eigenvalue weighted by molar-refractivity contribution is 5.81. The van der Waals surface area contributed by atoms with Crippen molar-refractivity contribution < 1.29 is 0 Å². The lowest BCUT2D eigenvalue weighted by molar-refractivity contribution is 0.626. The molecule has 3 aromatic rings. The molecule has 0 aliphatic heterocycles. The maximum Gasteiger partial charge on any atom is 0.115 e. The second-order valence-electron chi connectivity index (χ2n) is 4.58. The summed E-state index contributed by atoms with van der Waals surface area (Å²) >= 11 is 0. The molecule has 0 amide bonds. The predicted molar refractivity (Wildman–Crippen MR) is 78.0 cm³/mol. The van der Waals surface area contributed by atoms with Gasteiger partial charge in [-0.05, 0) is 19.1 Å². The number of nitrogens with zero attached hydrogens (tertiary/aromatic N) is 4. The number of hydrogen-bond donors (Lipinski definition) is 1. The van der Waals surface area contributed by atoms with Crippen LogP contribution in [0.15, 0.2) is 42.9 Å². The van der Waals surface area contributed by atoms with Crippen molar-refractivity contribution >= 4 is 10.9 Å². The van der Waals surface area contributed by atoms with Crippen LogP contribution in [-0.4, -0.2) is 19.7 Å². The van der Waals surface area contributed by atoms with Gasteiger partial charge in [-0.2, -0.15) is 5.10 Å². The van der Waals surface area contributed by atoms with Gasteiger partial charge in [0, 0.05) is 31.2 Å². The number of para-hydroxylation sites is 1. The Kier molecular flexibility index (Phi) is 3.69. The highest BCUT2D eigenvalue weighted by atomic mass is 15.3. The monoisotopic (exact) mass is 267 g/mol. The van der Waals surface area contributed by atoms with Gasteiger partial charge < -0.3 is 5.32 Å². The van der Waals surface area contributed by atoms with Crippen molar-refractivity contribution in [3.8, 4) is 0 Å². The number of fused-ring (bicyclic) bond motifs is 1. The third-order valence-electron chi connectivity index (χ3n) is 3.28. The Balaban J connectivity index is 1.74. The first-order chi connectivity index (χ1) is 9.88. The van der Waals surface area contributed by atoms with E-state index in [4.69, 9.17) is 0 Å². The van der Waals surface area contributed by atoms with E-state index >= 15 is 0 Å². The van der Waals surface area contributed by atoms with Crippen LogP contribution in [-0.2, 0) is 19.6 Å². The summed E-state index contributed by atoms with van der Waals surface area (Å²) in [5.41, 5.74) is 3.25. The zero-order valence-electron chi connectivity index (χ0n) is 11.5. The van der Waals surface area contributed by atoms with E-state index in [-0.39, 0.29) is 0 Å². The quantitative estimate of drug-likeness (QED) is 0.769. The summed E-state index contributed by atoms with van der Waals surface area (Å²) in [4.78, 5) is 8.11. The molecule has 3 rings (SSSR count). The summed E-state index contributed by atoms with van der Waals surface area (Å²) < 4.78 is 2.04. The summed E-state index contributed by atoms with van der Waals surface area (Å²) in [7, 11) is 0. The van der Waals surface area contributed by atoms with Crippen LogP contribution in [0.5, 0.6) is 0 Å². The van der Waals surface area contributed by atoms with Crippen molar-refractivity contribution in [1.82, 2.24) is 25.1 Å². The van der Waals surface area contributed by atoms with Gasteiger partial charge in [-0.15, -0.1) is 0 Å². The van der Waals surface area contributed by atoms with Crippen LogP contribution in [0.2, 0.25) is 0 Å². The lowest BCUT2D eigenvalue weighted by atomic mass is 10.2. The fourth-order valence-electron chi connectivity index (χ4n) is 2.30. The highest BCUT2D eigenvalue weighted by Gasteiger charge is 2.08. The SMILES string of the molecule is CCn1nc(CNCc2ccncn2)c2ccccc21. The minimum Gasteiger partial charge on any atom is -0.305 e. The molecule has 1 aromatic carbocycles. The second-order valence-corrected chi connectivity index (χ2v) is 4.58. The Hall–Kier alpha value is -2.27. The van der Waals surface area contributed by atoms with Gasteiger partial charge in [-0.3, -0.25) is 4.68 Å².